The molecule has 1 aliphatic heterocycles. The molecule has 5 nitrogen and oxygen atoms in total. The van der Waals surface area contributed by atoms with Crippen LogP contribution in [-0.4, -0.2) is 40.8 Å². The SMILES string of the molecule is Cc1nc(CNCc2cccc(OCC(O)CN3CCc4ccccc4C3)c2)cs1. The van der Waals surface area contributed by atoms with Gasteiger partial charge in [-0.05, 0) is 42.2 Å². The van der Waals surface area contributed by atoms with Gasteiger partial charge in [0.15, 0.2) is 0 Å². The van der Waals surface area contributed by atoms with Gasteiger partial charge in [-0.2, -0.15) is 0 Å². The van der Waals surface area contributed by atoms with Crippen LogP contribution in [0.25, 0.3) is 0 Å². The minimum absolute atomic E-state index is 0.299. The summed E-state index contributed by atoms with van der Waals surface area (Å²) in [5.74, 6) is 0.793. The van der Waals surface area contributed by atoms with E-state index < -0.39 is 6.10 Å². The minimum Gasteiger partial charge on any atom is -0.491 e. The molecular formula is C24H29N3O2S. The number of rotatable bonds is 9. The molecule has 2 heterocycles. The first-order valence-electron chi connectivity index (χ1n) is 10.5. The molecule has 2 aromatic carbocycles. The van der Waals surface area contributed by atoms with Gasteiger partial charge in [-0.15, -0.1) is 11.3 Å². The highest BCUT2D eigenvalue weighted by Gasteiger charge is 2.18. The second-order valence-corrected chi connectivity index (χ2v) is 8.89. The van der Waals surface area contributed by atoms with Crippen LogP contribution < -0.4 is 10.1 Å². The molecule has 4 rings (SSSR count). The van der Waals surface area contributed by atoms with E-state index in [-0.39, 0.29) is 0 Å². The van der Waals surface area contributed by atoms with Crippen molar-refractivity contribution in [2.24, 2.45) is 0 Å². The second kappa shape index (κ2) is 10.2. The molecule has 1 aliphatic rings. The van der Waals surface area contributed by atoms with E-state index in [9.17, 15) is 5.11 Å². The number of fused-ring (bicyclic) bond motifs is 1. The number of hydrogen-bond acceptors (Lipinski definition) is 6. The molecule has 0 fully saturated rings. The molecule has 30 heavy (non-hydrogen) atoms. The van der Waals surface area contributed by atoms with Gasteiger partial charge in [0.2, 0.25) is 0 Å². The summed E-state index contributed by atoms with van der Waals surface area (Å²) in [6, 6.07) is 16.6. The Labute approximate surface area is 182 Å². The second-order valence-electron chi connectivity index (χ2n) is 7.83. The summed E-state index contributed by atoms with van der Waals surface area (Å²) in [5.41, 5.74) is 5.02. The average Bonchev–Trinajstić information content (AvgIpc) is 3.17. The predicted molar refractivity (Wildman–Crippen MR) is 121 cm³/mol. The summed E-state index contributed by atoms with van der Waals surface area (Å²) in [4.78, 5) is 6.77. The Bertz CT molecular complexity index is 959. The van der Waals surface area contributed by atoms with Gasteiger partial charge in [0.05, 0.1) is 10.7 Å². The van der Waals surface area contributed by atoms with Crippen LogP contribution in [0.1, 0.15) is 27.4 Å². The van der Waals surface area contributed by atoms with E-state index in [1.165, 1.54) is 11.1 Å². The largest absolute Gasteiger partial charge is 0.491 e. The van der Waals surface area contributed by atoms with Crippen molar-refractivity contribution in [2.45, 2.75) is 39.1 Å². The van der Waals surface area contributed by atoms with E-state index in [1.54, 1.807) is 11.3 Å². The smallest absolute Gasteiger partial charge is 0.119 e. The fraction of sp³-hybridized carbons (Fsp3) is 0.375. The lowest BCUT2D eigenvalue weighted by molar-refractivity contribution is 0.0637. The Kier molecular flexibility index (Phi) is 7.12. The standard InChI is InChI=1S/C24H29N3O2S/c1-18-26-22(17-30-18)13-25-12-19-5-4-8-24(11-19)29-16-23(28)15-27-10-9-20-6-2-3-7-21(20)14-27/h2-8,11,17,23,25,28H,9-10,12-16H2,1H3. The third-order valence-corrected chi connectivity index (χ3v) is 6.14. The summed E-state index contributed by atoms with van der Waals surface area (Å²) in [7, 11) is 0. The number of aromatic nitrogens is 1. The molecule has 2 N–H and O–H groups in total. The highest BCUT2D eigenvalue weighted by molar-refractivity contribution is 7.09. The number of nitrogens with one attached hydrogen (secondary N) is 1. The third kappa shape index (κ3) is 5.89. The van der Waals surface area contributed by atoms with Crippen LogP contribution in [0.4, 0.5) is 0 Å². The van der Waals surface area contributed by atoms with E-state index in [2.05, 4.69) is 50.9 Å². The van der Waals surface area contributed by atoms with Crippen molar-refractivity contribution < 1.29 is 9.84 Å². The summed E-state index contributed by atoms with van der Waals surface area (Å²) in [6.07, 6.45) is 0.532. The van der Waals surface area contributed by atoms with Crippen molar-refractivity contribution in [1.29, 1.82) is 0 Å². The number of thiazole rings is 1. The Morgan fingerprint density at radius 3 is 2.87 bits per heavy atom. The maximum Gasteiger partial charge on any atom is 0.119 e. The van der Waals surface area contributed by atoms with Crippen LogP contribution in [0.3, 0.4) is 0 Å². The lowest BCUT2D eigenvalue weighted by Gasteiger charge is -2.30. The van der Waals surface area contributed by atoms with E-state index in [0.717, 1.165) is 54.6 Å². The molecular weight excluding hydrogens is 394 g/mol. The van der Waals surface area contributed by atoms with Crippen LogP contribution in [0.2, 0.25) is 0 Å². The van der Waals surface area contributed by atoms with Crippen LogP contribution in [0.5, 0.6) is 5.75 Å². The van der Waals surface area contributed by atoms with Crippen LogP contribution in [0, 0.1) is 6.92 Å². The molecule has 158 valence electrons. The van der Waals surface area contributed by atoms with Crippen molar-refractivity contribution in [3.63, 3.8) is 0 Å². The molecule has 3 aromatic rings. The van der Waals surface area contributed by atoms with Gasteiger partial charge in [0.1, 0.15) is 18.5 Å². The molecule has 0 bridgehead atoms. The molecule has 0 saturated heterocycles. The van der Waals surface area contributed by atoms with E-state index in [1.807, 2.05) is 25.1 Å². The number of ether oxygens (including phenoxy) is 1. The molecule has 1 aromatic heterocycles. The van der Waals surface area contributed by atoms with Crippen molar-refractivity contribution >= 4 is 11.3 Å². The van der Waals surface area contributed by atoms with E-state index in [0.29, 0.717) is 13.2 Å². The van der Waals surface area contributed by atoms with Crippen LogP contribution in [-0.2, 0) is 26.1 Å². The Hall–Kier alpha value is -2.25. The van der Waals surface area contributed by atoms with Gasteiger partial charge in [-0.1, -0.05) is 36.4 Å². The fourth-order valence-electron chi connectivity index (χ4n) is 3.82. The maximum atomic E-state index is 10.5. The molecule has 0 aliphatic carbocycles. The lowest BCUT2D eigenvalue weighted by atomic mass is 10.00. The lowest BCUT2D eigenvalue weighted by Crippen LogP contribution is -2.38. The predicted octanol–water partition coefficient (Wildman–Crippen LogP) is 3.54. The molecule has 6 heteroatoms. The Morgan fingerprint density at radius 1 is 1.17 bits per heavy atom. The maximum absolute atomic E-state index is 10.5. The zero-order valence-corrected chi connectivity index (χ0v) is 18.2. The first kappa shape index (κ1) is 21.0. The summed E-state index contributed by atoms with van der Waals surface area (Å²) in [5, 5.41) is 17.1. The van der Waals surface area contributed by atoms with Gasteiger partial charge in [0, 0.05) is 38.1 Å². The normalized spacial score (nSPS) is 15.0. The first-order valence-corrected chi connectivity index (χ1v) is 11.3. The number of benzene rings is 2. The van der Waals surface area contributed by atoms with Crippen molar-refractivity contribution in [2.75, 3.05) is 19.7 Å². The van der Waals surface area contributed by atoms with Gasteiger partial charge in [0.25, 0.3) is 0 Å². The molecule has 0 saturated carbocycles. The zero-order valence-electron chi connectivity index (χ0n) is 17.4. The summed E-state index contributed by atoms with van der Waals surface area (Å²) >= 11 is 1.67. The summed E-state index contributed by atoms with van der Waals surface area (Å²) < 4.78 is 5.87. The van der Waals surface area contributed by atoms with Gasteiger partial charge < -0.3 is 15.2 Å². The first-order chi connectivity index (χ1) is 14.7. The fourth-order valence-corrected chi connectivity index (χ4v) is 4.44. The number of aliphatic hydroxyl groups excluding tert-OH is 1. The average molecular weight is 424 g/mol. The molecule has 0 amide bonds. The topological polar surface area (TPSA) is 57.6 Å². The van der Waals surface area contributed by atoms with Gasteiger partial charge >= 0.3 is 0 Å². The van der Waals surface area contributed by atoms with E-state index in [4.69, 9.17) is 4.74 Å². The molecule has 0 radical (unpaired) electrons. The number of hydrogen-bond donors (Lipinski definition) is 2. The minimum atomic E-state index is -0.509. The van der Waals surface area contributed by atoms with Gasteiger partial charge in [-0.3, -0.25) is 4.90 Å². The number of aryl methyl sites for hydroxylation is 1. The van der Waals surface area contributed by atoms with Crippen LogP contribution in [0.15, 0.2) is 53.9 Å². The molecule has 1 atom stereocenters. The van der Waals surface area contributed by atoms with E-state index >= 15 is 0 Å². The number of β-amino-alcohol motifs (C(OH)–C–C–N with tert-alkyl or cyclic N) is 1. The van der Waals surface area contributed by atoms with Crippen molar-refractivity contribution in [1.82, 2.24) is 15.2 Å². The van der Waals surface area contributed by atoms with Crippen molar-refractivity contribution in [3.05, 3.63) is 81.3 Å². The summed E-state index contributed by atoms with van der Waals surface area (Å²) in [6.45, 7) is 6.33. The quantitative estimate of drug-likeness (QED) is 0.551. The number of aliphatic hydroxyl groups is 1. The number of nitrogens with zero attached hydrogens (tertiary/aromatic N) is 2. The van der Waals surface area contributed by atoms with Crippen molar-refractivity contribution in [3.8, 4) is 5.75 Å². The Balaban J connectivity index is 1.21. The van der Waals surface area contributed by atoms with Crippen LogP contribution >= 0.6 is 11.3 Å². The molecule has 0 spiro atoms. The third-order valence-electron chi connectivity index (χ3n) is 5.32. The molecule has 1 unspecified atom stereocenters. The monoisotopic (exact) mass is 423 g/mol. The highest BCUT2D eigenvalue weighted by Crippen LogP contribution is 2.19. The zero-order chi connectivity index (χ0) is 20.8. The Morgan fingerprint density at radius 2 is 2.03 bits per heavy atom. The highest BCUT2D eigenvalue weighted by atomic mass is 32.1. The van der Waals surface area contributed by atoms with Gasteiger partial charge in [-0.25, -0.2) is 4.98 Å².